The Morgan fingerprint density at radius 2 is 2.05 bits per heavy atom. The number of aliphatic hydroxyl groups is 1. The number of benzene rings is 1. The molecule has 0 saturated carbocycles. The van der Waals surface area contributed by atoms with Crippen molar-refractivity contribution in [3.63, 3.8) is 0 Å². The Labute approximate surface area is 116 Å². The quantitative estimate of drug-likeness (QED) is 0.779. The predicted molar refractivity (Wildman–Crippen MR) is 81.0 cm³/mol. The lowest BCUT2D eigenvalue weighted by Crippen LogP contribution is -2.34. The molecule has 1 nitrogen and oxygen atoms in total. The summed E-state index contributed by atoms with van der Waals surface area (Å²) in [6.07, 6.45) is 12.2. The van der Waals surface area contributed by atoms with Gasteiger partial charge in [-0.3, -0.25) is 0 Å². The summed E-state index contributed by atoms with van der Waals surface area (Å²) in [4.78, 5) is 0. The molecule has 0 aliphatic heterocycles. The maximum absolute atomic E-state index is 10.8. The van der Waals surface area contributed by atoms with Crippen molar-refractivity contribution in [3.05, 3.63) is 60.7 Å². The fraction of sp³-hybridized carbons (Fsp3) is 0.444. The minimum Gasteiger partial charge on any atom is -0.385 e. The molecule has 0 saturated heterocycles. The highest BCUT2D eigenvalue weighted by atomic mass is 16.3. The van der Waals surface area contributed by atoms with Crippen molar-refractivity contribution >= 4 is 0 Å². The number of hydrogen-bond donors (Lipinski definition) is 1. The molecule has 0 aromatic heterocycles. The third-order valence-electron chi connectivity index (χ3n) is 4.12. The molecule has 1 aromatic carbocycles. The second-order valence-electron chi connectivity index (χ2n) is 5.51. The van der Waals surface area contributed by atoms with Gasteiger partial charge in [-0.05, 0) is 44.1 Å². The number of rotatable bonds is 5. The van der Waals surface area contributed by atoms with Crippen LogP contribution in [0.5, 0.6) is 0 Å². The summed E-state index contributed by atoms with van der Waals surface area (Å²) < 4.78 is 0. The van der Waals surface area contributed by atoms with Gasteiger partial charge in [0.25, 0.3) is 0 Å². The van der Waals surface area contributed by atoms with Gasteiger partial charge in [-0.25, -0.2) is 0 Å². The zero-order valence-electron chi connectivity index (χ0n) is 11.6. The van der Waals surface area contributed by atoms with Crippen molar-refractivity contribution in [2.45, 2.75) is 44.1 Å². The highest BCUT2D eigenvalue weighted by molar-refractivity contribution is 5.16. The first kappa shape index (κ1) is 14.1. The molecule has 0 radical (unpaired) electrons. The van der Waals surface area contributed by atoms with Crippen molar-refractivity contribution in [1.29, 1.82) is 0 Å². The fourth-order valence-corrected chi connectivity index (χ4v) is 2.89. The van der Waals surface area contributed by atoms with Crippen molar-refractivity contribution in [1.82, 2.24) is 0 Å². The molecule has 0 bridgehead atoms. The van der Waals surface area contributed by atoms with E-state index in [4.69, 9.17) is 0 Å². The minimum absolute atomic E-state index is 0.141. The van der Waals surface area contributed by atoms with E-state index < -0.39 is 5.60 Å². The average molecular weight is 256 g/mol. The molecule has 0 spiro atoms. The maximum atomic E-state index is 10.8. The molecule has 2 rings (SSSR count). The lowest BCUT2D eigenvalue weighted by atomic mass is 9.80. The van der Waals surface area contributed by atoms with Gasteiger partial charge in [-0.1, -0.05) is 48.6 Å². The van der Waals surface area contributed by atoms with Gasteiger partial charge in [-0.2, -0.15) is 0 Å². The van der Waals surface area contributed by atoms with Gasteiger partial charge < -0.3 is 5.11 Å². The topological polar surface area (TPSA) is 20.2 Å². The second kappa shape index (κ2) is 6.72. The summed E-state index contributed by atoms with van der Waals surface area (Å²) in [7, 11) is 0. The first-order valence-corrected chi connectivity index (χ1v) is 7.31. The summed E-state index contributed by atoms with van der Waals surface area (Å²) in [5.74, 6) is 0.141. The molecule has 1 heteroatoms. The summed E-state index contributed by atoms with van der Waals surface area (Å²) in [5, 5.41) is 10.8. The van der Waals surface area contributed by atoms with Gasteiger partial charge in [-0.15, -0.1) is 6.58 Å². The van der Waals surface area contributed by atoms with Crippen molar-refractivity contribution in [2.24, 2.45) is 5.92 Å². The smallest absolute Gasteiger partial charge is 0.0889 e. The van der Waals surface area contributed by atoms with Crippen molar-refractivity contribution in [2.75, 3.05) is 0 Å². The van der Waals surface area contributed by atoms with E-state index in [0.29, 0.717) is 0 Å². The summed E-state index contributed by atoms with van der Waals surface area (Å²) in [6.45, 7) is 3.93. The van der Waals surface area contributed by atoms with Gasteiger partial charge in [0.05, 0.1) is 5.60 Å². The predicted octanol–water partition coefficient (Wildman–Crippen LogP) is 4.28. The molecular weight excluding hydrogens is 232 g/mol. The normalized spacial score (nSPS) is 24.7. The second-order valence-corrected chi connectivity index (χ2v) is 5.51. The first-order valence-electron chi connectivity index (χ1n) is 7.31. The first-order chi connectivity index (χ1) is 9.24. The minimum atomic E-state index is -0.687. The summed E-state index contributed by atoms with van der Waals surface area (Å²) in [5.41, 5.74) is 0.642. The highest BCUT2D eigenvalue weighted by Crippen LogP contribution is 2.32. The van der Waals surface area contributed by atoms with Crippen LogP contribution in [0.2, 0.25) is 0 Å². The van der Waals surface area contributed by atoms with Gasteiger partial charge in [0.2, 0.25) is 0 Å². The van der Waals surface area contributed by atoms with E-state index in [0.717, 1.165) is 32.1 Å². The average Bonchev–Trinajstić information content (AvgIpc) is 2.66. The standard InChI is InChI=1S/C18H24O/c1-2-17(13-12-16-10-6-5-7-11-16)18(19)14-8-3-4-9-15-18/h2,5-8,10-11,14,17,19H,1,3-4,9,12-13,15H2/t17-,18-/m1/s1. The van der Waals surface area contributed by atoms with Crippen LogP contribution in [-0.2, 0) is 6.42 Å². The van der Waals surface area contributed by atoms with Crippen LogP contribution in [-0.4, -0.2) is 10.7 Å². The molecule has 19 heavy (non-hydrogen) atoms. The number of aryl methyl sites for hydroxylation is 1. The Balaban J connectivity index is 2.01. The van der Waals surface area contributed by atoms with Gasteiger partial charge in [0.1, 0.15) is 0 Å². The van der Waals surface area contributed by atoms with Gasteiger partial charge in [0.15, 0.2) is 0 Å². The number of allylic oxidation sites excluding steroid dienone is 1. The lowest BCUT2D eigenvalue weighted by molar-refractivity contribution is 0.0354. The van der Waals surface area contributed by atoms with Crippen LogP contribution in [0, 0.1) is 5.92 Å². The van der Waals surface area contributed by atoms with Crippen LogP contribution in [0.1, 0.15) is 37.7 Å². The Bertz CT molecular complexity index is 421. The van der Waals surface area contributed by atoms with E-state index in [1.165, 1.54) is 12.0 Å². The van der Waals surface area contributed by atoms with E-state index >= 15 is 0 Å². The molecule has 1 aromatic rings. The van der Waals surface area contributed by atoms with Crippen LogP contribution < -0.4 is 0 Å². The molecule has 0 amide bonds. The number of hydrogen-bond acceptors (Lipinski definition) is 1. The SMILES string of the molecule is C=C[C@H](CCc1ccccc1)[C@@]1(O)C=CCCCC1. The van der Waals surface area contributed by atoms with E-state index in [-0.39, 0.29) is 5.92 Å². The van der Waals surface area contributed by atoms with Crippen molar-refractivity contribution in [3.8, 4) is 0 Å². The molecular formula is C18H24O. The van der Waals surface area contributed by atoms with E-state index in [1.54, 1.807) is 0 Å². The monoisotopic (exact) mass is 256 g/mol. The van der Waals surface area contributed by atoms with Crippen LogP contribution in [0.15, 0.2) is 55.1 Å². The van der Waals surface area contributed by atoms with Crippen LogP contribution >= 0.6 is 0 Å². The van der Waals surface area contributed by atoms with Gasteiger partial charge >= 0.3 is 0 Å². The van der Waals surface area contributed by atoms with Crippen molar-refractivity contribution < 1.29 is 5.11 Å². The van der Waals surface area contributed by atoms with E-state index in [9.17, 15) is 5.11 Å². The van der Waals surface area contributed by atoms with Crippen LogP contribution in [0.4, 0.5) is 0 Å². The molecule has 0 unspecified atom stereocenters. The van der Waals surface area contributed by atoms with E-state index in [1.807, 2.05) is 18.2 Å². The highest BCUT2D eigenvalue weighted by Gasteiger charge is 2.32. The third kappa shape index (κ3) is 3.81. The van der Waals surface area contributed by atoms with E-state index in [2.05, 4.69) is 36.9 Å². The molecule has 0 fully saturated rings. The molecule has 1 N–H and O–H groups in total. The molecule has 1 aliphatic carbocycles. The maximum Gasteiger partial charge on any atom is 0.0889 e. The Kier molecular flexibility index (Phi) is 4.98. The third-order valence-corrected chi connectivity index (χ3v) is 4.12. The Morgan fingerprint density at radius 1 is 1.26 bits per heavy atom. The van der Waals surface area contributed by atoms with Gasteiger partial charge in [0, 0.05) is 5.92 Å². The molecule has 0 heterocycles. The molecule has 2 atom stereocenters. The summed E-state index contributed by atoms with van der Waals surface area (Å²) >= 11 is 0. The Hall–Kier alpha value is -1.34. The zero-order chi connectivity index (χ0) is 13.6. The summed E-state index contributed by atoms with van der Waals surface area (Å²) in [6, 6.07) is 10.5. The fourth-order valence-electron chi connectivity index (χ4n) is 2.89. The molecule has 1 aliphatic rings. The molecule has 102 valence electrons. The Morgan fingerprint density at radius 3 is 2.79 bits per heavy atom. The van der Waals surface area contributed by atoms with Crippen LogP contribution in [0.25, 0.3) is 0 Å². The largest absolute Gasteiger partial charge is 0.385 e. The zero-order valence-corrected chi connectivity index (χ0v) is 11.6. The lowest BCUT2D eigenvalue weighted by Gasteiger charge is -2.31. The van der Waals surface area contributed by atoms with Crippen LogP contribution in [0.3, 0.4) is 0 Å².